The Hall–Kier alpha value is -2.09. The van der Waals surface area contributed by atoms with E-state index in [2.05, 4.69) is 0 Å². The van der Waals surface area contributed by atoms with Crippen LogP contribution in [-0.2, 0) is 0 Å². The number of phenols is 1. The molecule has 0 aliphatic carbocycles. The molecule has 2 aromatic carbocycles. The molecule has 74 valence electrons. The molecule has 0 aliphatic rings. The van der Waals surface area contributed by atoms with E-state index < -0.39 is 0 Å². The highest BCUT2D eigenvalue weighted by atomic mass is 16.3. The van der Waals surface area contributed by atoms with Crippen molar-refractivity contribution in [2.75, 3.05) is 0 Å². The summed E-state index contributed by atoms with van der Waals surface area (Å²) in [5, 5.41) is 9.33. The molecule has 2 rings (SSSR count). The van der Waals surface area contributed by atoms with E-state index in [1.54, 1.807) is 30.3 Å². The number of hydrogen-bond donors (Lipinski definition) is 1. The van der Waals surface area contributed by atoms with Gasteiger partial charge in [0.25, 0.3) is 0 Å². The summed E-state index contributed by atoms with van der Waals surface area (Å²) in [5.74, 6) is 0.226. The molecule has 2 aromatic rings. The van der Waals surface area contributed by atoms with Gasteiger partial charge in [-0.2, -0.15) is 0 Å². The lowest BCUT2D eigenvalue weighted by atomic mass is 10.0. The lowest BCUT2D eigenvalue weighted by Crippen LogP contribution is -1.82. The van der Waals surface area contributed by atoms with Gasteiger partial charge < -0.3 is 5.11 Å². The third kappa shape index (κ3) is 2.05. The van der Waals surface area contributed by atoms with Crippen LogP contribution in [0.1, 0.15) is 10.4 Å². The number of rotatable bonds is 2. The molecule has 0 radical (unpaired) electrons. The van der Waals surface area contributed by atoms with Crippen LogP contribution in [0.4, 0.5) is 0 Å². The Balaban J connectivity index is 2.49. The molecule has 0 atom stereocenters. The van der Waals surface area contributed by atoms with Gasteiger partial charge in [0.05, 0.1) is 0 Å². The molecule has 15 heavy (non-hydrogen) atoms. The highest BCUT2D eigenvalue weighted by Gasteiger charge is 1.99. The van der Waals surface area contributed by atoms with Gasteiger partial charge >= 0.3 is 0 Å². The average Bonchev–Trinajstić information content (AvgIpc) is 2.29. The third-order valence-electron chi connectivity index (χ3n) is 2.20. The SMILES string of the molecule is O=Cc1cccc(-c2cccc(O)c2)c1. The van der Waals surface area contributed by atoms with Crippen LogP contribution in [0.25, 0.3) is 11.1 Å². The minimum atomic E-state index is 0.226. The smallest absolute Gasteiger partial charge is 0.150 e. The van der Waals surface area contributed by atoms with Crippen LogP contribution < -0.4 is 0 Å². The number of benzene rings is 2. The van der Waals surface area contributed by atoms with E-state index in [1.807, 2.05) is 18.2 Å². The first-order chi connectivity index (χ1) is 7.29. The fourth-order valence-electron chi connectivity index (χ4n) is 1.48. The van der Waals surface area contributed by atoms with Crippen molar-refractivity contribution in [2.24, 2.45) is 0 Å². The summed E-state index contributed by atoms with van der Waals surface area (Å²) in [6, 6.07) is 14.2. The summed E-state index contributed by atoms with van der Waals surface area (Å²) in [4.78, 5) is 10.6. The second-order valence-electron chi connectivity index (χ2n) is 3.29. The summed E-state index contributed by atoms with van der Waals surface area (Å²) in [5.41, 5.74) is 2.46. The van der Waals surface area contributed by atoms with Gasteiger partial charge in [-0.05, 0) is 29.3 Å². The van der Waals surface area contributed by atoms with Gasteiger partial charge in [0.1, 0.15) is 12.0 Å². The molecule has 0 aromatic heterocycles. The number of carbonyl (C=O) groups excluding carboxylic acids is 1. The topological polar surface area (TPSA) is 37.3 Å². The molecule has 2 heteroatoms. The Morgan fingerprint density at radius 2 is 1.60 bits per heavy atom. The monoisotopic (exact) mass is 198 g/mol. The van der Waals surface area contributed by atoms with Crippen molar-refractivity contribution >= 4 is 6.29 Å². The Labute approximate surface area is 87.8 Å². The molecule has 0 unspecified atom stereocenters. The normalized spacial score (nSPS) is 9.87. The van der Waals surface area contributed by atoms with Crippen LogP contribution in [-0.4, -0.2) is 11.4 Å². The van der Waals surface area contributed by atoms with Crippen molar-refractivity contribution in [1.82, 2.24) is 0 Å². The predicted octanol–water partition coefficient (Wildman–Crippen LogP) is 2.87. The summed E-state index contributed by atoms with van der Waals surface area (Å²) < 4.78 is 0. The minimum Gasteiger partial charge on any atom is -0.508 e. The van der Waals surface area contributed by atoms with Crippen molar-refractivity contribution in [1.29, 1.82) is 0 Å². The third-order valence-corrected chi connectivity index (χ3v) is 2.20. The summed E-state index contributed by atoms with van der Waals surface area (Å²) >= 11 is 0. The zero-order chi connectivity index (χ0) is 10.7. The molecule has 0 saturated heterocycles. The molecule has 0 fully saturated rings. The predicted molar refractivity (Wildman–Crippen MR) is 58.9 cm³/mol. The number of carbonyl (C=O) groups is 1. The highest BCUT2D eigenvalue weighted by Crippen LogP contribution is 2.23. The van der Waals surface area contributed by atoms with Crippen LogP contribution in [0.2, 0.25) is 0 Å². The van der Waals surface area contributed by atoms with Gasteiger partial charge in [-0.1, -0.05) is 30.3 Å². The van der Waals surface area contributed by atoms with Crippen LogP contribution in [0.5, 0.6) is 5.75 Å². The van der Waals surface area contributed by atoms with Crippen LogP contribution in [0, 0.1) is 0 Å². The minimum absolute atomic E-state index is 0.226. The molecule has 0 aliphatic heterocycles. The van der Waals surface area contributed by atoms with E-state index in [1.165, 1.54) is 0 Å². The number of phenolic OH excluding ortho intramolecular Hbond substituents is 1. The molecule has 2 nitrogen and oxygen atoms in total. The second kappa shape index (κ2) is 3.96. The molecular formula is C13H10O2. The number of aldehydes is 1. The zero-order valence-corrected chi connectivity index (χ0v) is 8.05. The summed E-state index contributed by atoms with van der Waals surface area (Å²) in [6.45, 7) is 0. The van der Waals surface area contributed by atoms with Gasteiger partial charge in [-0.15, -0.1) is 0 Å². The maximum atomic E-state index is 10.6. The second-order valence-corrected chi connectivity index (χ2v) is 3.29. The molecule has 0 amide bonds. The fraction of sp³-hybridized carbons (Fsp3) is 0. The fourth-order valence-corrected chi connectivity index (χ4v) is 1.48. The maximum absolute atomic E-state index is 10.6. The molecule has 0 bridgehead atoms. The molecule has 0 heterocycles. The van der Waals surface area contributed by atoms with Crippen LogP contribution in [0.15, 0.2) is 48.5 Å². The molecule has 0 spiro atoms. The van der Waals surface area contributed by atoms with E-state index in [0.717, 1.165) is 17.4 Å². The zero-order valence-electron chi connectivity index (χ0n) is 8.05. The standard InChI is InChI=1S/C13H10O2/c14-9-10-3-1-4-11(7-10)12-5-2-6-13(15)8-12/h1-9,15H. The van der Waals surface area contributed by atoms with Gasteiger partial charge in [-0.3, -0.25) is 4.79 Å². The largest absolute Gasteiger partial charge is 0.508 e. The van der Waals surface area contributed by atoms with Crippen molar-refractivity contribution in [3.8, 4) is 16.9 Å². The maximum Gasteiger partial charge on any atom is 0.150 e. The summed E-state index contributed by atoms with van der Waals surface area (Å²) in [7, 11) is 0. The lowest BCUT2D eigenvalue weighted by Gasteiger charge is -2.02. The molecule has 0 saturated carbocycles. The van der Waals surface area contributed by atoms with Gasteiger partial charge in [-0.25, -0.2) is 0 Å². The van der Waals surface area contributed by atoms with E-state index in [-0.39, 0.29) is 5.75 Å². The summed E-state index contributed by atoms with van der Waals surface area (Å²) in [6.07, 6.45) is 0.812. The van der Waals surface area contributed by atoms with Crippen molar-refractivity contribution in [3.63, 3.8) is 0 Å². The van der Waals surface area contributed by atoms with Crippen molar-refractivity contribution < 1.29 is 9.90 Å². The van der Waals surface area contributed by atoms with E-state index >= 15 is 0 Å². The Bertz CT molecular complexity index is 489. The molecular weight excluding hydrogens is 188 g/mol. The van der Waals surface area contributed by atoms with Crippen molar-refractivity contribution in [3.05, 3.63) is 54.1 Å². The average molecular weight is 198 g/mol. The Kier molecular flexibility index (Phi) is 2.50. The van der Waals surface area contributed by atoms with Gasteiger partial charge in [0, 0.05) is 5.56 Å². The van der Waals surface area contributed by atoms with Gasteiger partial charge in [0.2, 0.25) is 0 Å². The van der Waals surface area contributed by atoms with E-state index in [0.29, 0.717) is 5.56 Å². The first-order valence-corrected chi connectivity index (χ1v) is 4.64. The molecule has 1 N–H and O–H groups in total. The van der Waals surface area contributed by atoms with E-state index in [4.69, 9.17) is 0 Å². The quantitative estimate of drug-likeness (QED) is 0.753. The number of aromatic hydroxyl groups is 1. The first kappa shape index (κ1) is 9.46. The lowest BCUT2D eigenvalue weighted by molar-refractivity contribution is 0.112. The van der Waals surface area contributed by atoms with Crippen LogP contribution in [0.3, 0.4) is 0 Å². The van der Waals surface area contributed by atoms with Gasteiger partial charge in [0.15, 0.2) is 0 Å². The number of hydrogen-bond acceptors (Lipinski definition) is 2. The Morgan fingerprint density at radius 3 is 2.27 bits per heavy atom. The van der Waals surface area contributed by atoms with E-state index in [9.17, 15) is 9.90 Å². The Morgan fingerprint density at radius 1 is 0.933 bits per heavy atom. The first-order valence-electron chi connectivity index (χ1n) is 4.64. The van der Waals surface area contributed by atoms with Crippen molar-refractivity contribution in [2.45, 2.75) is 0 Å². The van der Waals surface area contributed by atoms with Crippen LogP contribution >= 0.6 is 0 Å². The highest BCUT2D eigenvalue weighted by molar-refractivity contribution is 5.79.